The molecular formula is C9H22O3Si. The monoisotopic (exact) mass is 206 g/mol. The van der Waals surface area contributed by atoms with Crippen molar-refractivity contribution in [1.29, 1.82) is 0 Å². The van der Waals surface area contributed by atoms with Crippen LogP contribution in [-0.2, 0) is 8.85 Å². The summed E-state index contributed by atoms with van der Waals surface area (Å²) in [7, 11) is -2.31. The van der Waals surface area contributed by atoms with Crippen molar-refractivity contribution < 1.29 is 14.0 Å². The topological polar surface area (TPSA) is 38.7 Å². The first-order valence-corrected chi connectivity index (χ1v) is 7.15. The molecule has 0 spiro atoms. The van der Waals surface area contributed by atoms with Crippen LogP contribution in [0.3, 0.4) is 0 Å². The van der Waals surface area contributed by atoms with Gasteiger partial charge < -0.3 is 14.0 Å². The van der Waals surface area contributed by atoms with Crippen LogP contribution in [0.4, 0.5) is 0 Å². The molecule has 80 valence electrons. The van der Waals surface area contributed by atoms with Crippen LogP contribution in [0.2, 0.25) is 6.04 Å². The highest BCUT2D eigenvalue weighted by Crippen LogP contribution is 2.17. The van der Waals surface area contributed by atoms with Crippen LogP contribution >= 0.6 is 0 Å². The summed E-state index contributed by atoms with van der Waals surface area (Å²) in [5, 5.41) is 9.29. The molecule has 0 saturated heterocycles. The van der Waals surface area contributed by atoms with Gasteiger partial charge in [0.1, 0.15) is 0 Å². The average molecular weight is 206 g/mol. The van der Waals surface area contributed by atoms with E-state index in [0.717, 1.165) is 6.04 Å². The third-order valence-electron chi connectivity index (χ3n) is 1.68. The molecule has 0 bridgehead atoms. The summed E-state index contributed by atoms with van der Waals surface area (Å²) in [6.45, 7) is 9.88. The van der Waals surface area contributed by atoms with Crippen molar-refractivity contribution in [1.82, 2.24) is 0 Å². The maximum Gasteiger partial charge on any atom is 0.364 e. The lowest BCUT2D eigenvalue weighted by molar-refractivity contribution is 0.0869. The second-order valence-electron chi connectivity index (χ2n) is 3.76. The van der Waals surface area contributed by atoms with E-state index in [1.165, 1.54) is 0 Å². The minimum absolute atomic E-state index is 0.0415. The van der Waals surface area contributed by atoms with Crippen molar-refractivity contribution >= 4 is 8.56 Å². The highest BCUT2D eigenvalue weighted by molar-refractivity contribution is 6.67. The Hall–Kier alpha value is 0.0969. The van der Waals surface area contributed by atoms with Gasteiger partial charge in [0.2, 0.25) is 0 Å². The Balaban J connectivity index is 4.30. The van der Waals surface area contributed by atoms with Crippen LogP contribution in [0.15, 0.2) is 0 Å². The lowest BCUT2D eigenvalue weighted by atomic mass is 10.5. The van der Waals surface area contributed by atoms with Crippen molar-refractivity contribution in [2.24, 2.45) is 0 Å². The summed E-state index contributed by atoms with van der Waals surface area (Å²) in [5.74, 6) is 0. The number of hydrogen-bond acceptors (Lipinski definition) is 3. The zero-order valence-electron chi connectivity index (χ0n) is 9.33. The average Bonchev–Trinajstić information content (AvgIpc) is 2.01. The van der Waals surface area contributed by atoms with Crippen LogP contribution in [0.25, 0.3) is 0 Å². The summed E-state index contributed by atoms with van der Waals surface area (Å²) in [6.07, 6.45) is 0.287. The molecule has 0 amide bonds. The Bertz CT molecular complexity index is 121. The van der Waals surface area contributed by atoms with E-state index in [0.29, 0.717) is 0 Å². The second-order valence-corrected chi connectivity index (χ2v) is 7.07. The molecule has 0 radical (unpaired) electrons. The minimum atomic E-state index is -2.31. The van der Waals surface area contributed by atoms with Crippen molar-refractivity contribution in [2.75, 3.05) is 6.23 Å². The van der Waals surface area contributed by atoms with E-state index in [1.54, 1.807) is 0 Å². The van der Waals surface area contributed by atoms with E-state index in [9.17, 15) is 5.11 Å². The highest BCUT2D eigenvalue weighted by Gasteiger charge is 2.37. The van der Waals surface area contributed by atoms with E-state index in [1.807, 2.05) is 34.6 Å². The summed E-state index contributed by atoms with van der Waals surface area (Å²) in [4.78, 5) is 0. The molecule has 0 fully saturated rings. The SMILES string of the molecule is CC[Si](CO)(OC(C)C)OC(C)C. The quantitative estimate of drug-likeness (QED) is 0.674. The molecule has 0 unspecified atom stereocenters. The normalized spacial score (nSPS) is 12.9. The predicted molar refractivity (Wildman–Crippen MR) is 55.8 cm³/mol. The van der Waals surface area contributed by atoms with Gasteiger partial charge in [-0.25, -0.2) is 0 Å². The molecular weight excluding hydrogens is 184 g/mol. The second kappa shape index (κ2) is 5.75. The molecule has 0 aliphatic heterocycles. The first-order chi connectivity index (χ1) is 5.95. The Morgan fingerprint density at radius 2 is 1.46 bits per heavy atom. The van der Waals surface area contributed by atoms with Gasteiger partial charge in [-0.3, -0.25) is 0 Å². The molecule has 0 aliphatic carbocycles. The van der Waals surface area contributed by atoms with Crippen LogP contribution < -0.4 is 0 Å². The van der Waals surface area contributed by atoms with Gasteiger partial charge in [0, 0.05) is 12.2 Å². The standard InChI is InChI=1S/C9H22O3Si/c1-6-13(7-10,11-8(2)3)12-9(4)5/h8-10H,6-7H2,1-5H3. The number of rotatable bonds is 6. The molecule has 1 N–H and O–H groups in total. The lowest BCUT2D eigenvalue weighted by Gasteiger charge is -2.31. The van der Waals surface area contributed by atoms with Crippen LogP contribution in [-0.4, -0.2) is 32.1 Å². The number of aliphatic hydroxyl groups is 1. The molecule has 0 aromatic rings. The Labute approximate surface area is 82.3 Å². The maximum atomic E-state index is 9.29. The van der Waals surface area contributed by atoms with Crippen molar-refractivity contribution in [3.8, 4) is 0 Å². The van der Waals surface area contributed by atoms with Gasteiger partial charge in [-0.05, 0) is 33.7 Å². The summed E-state index contributed by atoms with van der Waals surface area (Å²) >= 11 is 0. The fourth-order valence-corrected chi connectivity index (χ4v) is 3.72. The van der Waals surface area contributed by atoms with Crippen molar-refractivity contribution in [2.45, 2.75) is 52.9 Å². The molecule has 0 rings (SSSR count). The van der Waals surface area contributed by atoms with Crippen LogP contribution in [0.5, 0.6) is 0 Å². The van der Waals surface area contributed by atoms with Crippen LogP contribution in [0.1, 0.15) is 34.6 Å². The van der Waals surface area contributed by atoms with E-state index >= 15 is 0 Å². The smallest absolute Gasteiger partial charge is 0.364 e. The van der Waals surface area contributed by atoms with E-state index in [4.69, 9.17) is 8.85 Å². The first kappa shape index (κ1) is 13.1. The third-order valence-corrected chi connectivity index (χ3v) is 5.04. The summed E-state index contributed by atoms with van der Waals surface area (Å²) < 4.78 is 11.4. The zero-order chi connectivity index (χ0) is 10.5. The largest absolute Gasteiger partial charge is 0.394 e. The highest BCUT2D eigenvalue weighted by atomic mass is 28.4. The number of hydrogen-bond donors (Lipinski definition) is 1. The van der Waals surface area contributed by atoms with E-state index < -0.39 is 8.56 Å². The molecule has 0 aromatic carbocycles. The van der Waals surface area contributed by atoms with Gasteiger partial charge in [-0.1, -0.05) is 6.92 Å². The van der Waals surface area contributed by atoms with Gasteiger partial charge in [0.25, 0.3) is 0 Å². The Kier molecular flexibility index (Phi) is 5.79. The Morgan fingerprint density at radius 3 is 1.62 bits per heavy atom. The molecule has 0 aromatic heterocycles. The van der Waals surface area contributed by atoms with Crippen molar-refractivity contribution in [3.05, 3.63) is 0 Å². The minimum Gasteiger partial charge on any atom is -0.394 e. The predicted octanol–water partition coefficient (Wildman–Crippen LogP) is 1.83. The number of aliphatic hydroxyl groups excluding tert-OH is 1. The van der Waals surface area contributed by atoms with E-state index in [2.05, 4.69) is 0 Å². The maximum absolute atomic E-state index is 9.29. The lowest BCUT2D eigenvalue weighted by Crippen LogP contribution is -2.49. The van der Waals surface area contributed by atoms with E-state index in [-0.39, 0.29) is 18.4 Å². The van der Waals surface area contributed by atoms with Gasteiger partial charge in [0.05, 0.1) is 6.23 Å². The summed E-state index contributed by atoms with van der Waals surface area (Å²) in [6, 6.07) is 0.792. The molecule has 0 heterocycles. The first-order valence-electron chi connectivity index (χ1n) is 4.92. The third kappa shape index (κ3) is 4.76. The molecule has 0 saturated carbocycles. The molecule has 0 atom stereocenters. The van der Waals surface area contributed by atoms with Gasteiger partial charge in [0.15, 0.2) is 0 Å². The van der Waals surface area contributed by atoms with Crippen molar-refractivity contribution in [3.63, 3.8) is 0 Å². The molecule has 4 heteroatoms. The molecule has 3 nitrogen and oxygen atoms in total. The fraction of sp³-hybridized carbons (Fsp3) is 1.00. The van der Waals surface area contributed by atoms with Gasteiger partial charge in [-0.15, -0.1) is 0 Å². The summed E-state index contributed by atoms with van der Waals surface area (Å²) in [5.41, 5.74) is 0. The van der Waals surface area contributed by atoms with Crippen LogP contribution in [0, 0.1) is 0 Å². The molecule has 0 aliphatic rings. The fourth-order valence-electron chi connectivity index (χ4n) is 1.24. The van der Waals surface area contributed by atoms with Gasteiger partial charge >= 0.3 is 8.56 Å². The zero-order valence-corrected chi connectivity index (χ0v) is 10.3. The molecule has 13 heavy (non-hydrogen) atoms. The van der Waals surface area contributed by atoms with Gasteiger partial charge in [-0.2, -0.15) is 0 Å². The Morgan fingerprint density at radius 1 is 1.08 bits per heavy atom.